The fraction of sp³-hybridized carbons (Fsp3) is 0.273. The Morgan fingerprint density at radius 3 is 2.50 bits per heavy atom. The van der Waals surface area contributed by atoms with Crippen LogP contribution < -0.4 is 10.6 Å². The van der Waals surface area contributed by atoms with Gasteiger partial charge < -0.3 is 15.2 Å². The second kappa shape index (κ2) is 9.99. The highest BCUT2D eigenvalue weighted by molar-refractivity contribution is 7.98. The number of thioether (sulfide) groups is 1. The van der Waals surface area contributed by atoms with Crippen molar-refractivity contribution >= 4 is 17.7 Å². The number of imidazole rings is 1. The normalized spacial score (nSPS) is 11.5. The minimum Gasteiger partial charge on any atom is -0.352 e. The molecule has 28 heavy (non-hydrogen) atoms. The van der Waals surface area contributed by atoms with Gasteiger partial charge in [0.05, 0.1) is 6.33 Å². The lowest BCUT2D eigenvalue weighted by molar-refractivity contribution is 0.790. The molecule has 0 bridgehead atoms. The van der Waals surface area contributed by atoms with Gasteiger partial charge in [-0.05, 0) is 41.5 Å². The van der Waals surface area contributed by atoms with Crippen molar-refractivity contribution in [3.05, 3.63) is 83.4 Å². The molecular weight excluding hydrogens is 366 g/mol. The first-order valence-electron chi connectivity index (χ1n) is 9.29. The summed E-state index contributed by atoms with van der Waals surface area (Å²) in [5, 5.41) is 6.79. The van der Waals surface area contributed by atoms with Crippen LogP contribution in [0.1, 0.15) is 22.3 Å². The number of nitrogens with one attached hydrogen (secondary N) is 2. The first-order chi connectivity index (χ1) is 13.7. The number of aliphatic imine (C=N–C) groups is 1. The Kier molecular flexibility index (Phi) is 7.14. The average Bonchev–Trinajstić information content (AvgIpc) is 3.23. The second-order valence-electron chi connectivity index (χ2n) is 6.65. The summed E-state index contributed by atoms with van der Waals surface area (Å²) in [5.41, 5.74) is 5.04. The molecule has 5 nitrogen and oxygen atoms in total. The zero-order valence-corrected chi connectivity index (χ0v) is 17.5. The summed E-state index contributed by atoms with van der Waals surface area (Å²) in [5.74, 6) is 0.801. The van der Waals surface area contributed by atoms with Gasteiger partial charge in [-0.15, -0.1) is 11.8 Å². The van der Waals surface area contributed by atoms with Gasteiger partial charge in [0.2, 0.25) is 0 Å². The highest BCUT2D eigenvalue weighted by Gasteiger charge is 2.04. The molecule has 6 heteroatoms. The van der Waals surface area contributed by atoms with E-state index in [9.17, 15) is 0 Å². The molecule has 146 valence electrons. The minimum atomic E-state index is 0.730. The van der Waals surface area contributed by atoms with Crippen molar-refractivity contribution in [3.63, 3.8) is 0 Å². The topological polar surface area (TPSA) is 54.2 Å². The molecule has 0 radical (unpaired) electrons. The molecule has 0 atom stereocenters. The third-order valence-electron chi connectivity index (χ3n) is 4.52. The summed E-state index contributed by atoms with van der Waals surface area (Å²) in [7, 11) is 1.80. The molecule has 1 aromatic heterocycles. The van der Waals surface area contributed by atoms with Gasteiger partial charge in [-0.25, -0.2) is 4.98 Å². The largest absolute Gasteiger partial charge is 0.352 e. The third kappa shape index (κ3) is 5.63. The van der Waals surface area contributed by atoms with Gasteiger partial charge in [0.1, 0.15) is 0 Å². The molecule has 0 fully saturated rings. The fourth-order valence-electron chi connectivity index (χ4n) is 2.94. The predicted molar refractivity (Wildman–Crippen MR) is 118 cm³/mol. The summed E-state index contributed by atoms with van der Waals surface area (Å²) in [6.07, 6.45) is 7.72. The summed E-state index contributed by atoms with van der Waals surface area (Å²) in [6.45, 7) is 4.44. The van der Waals surface area contributed by atoms with Crippen LogP contribution in [-0.4, -0.2) is 28.8 Å². The molecule has 2 aromatic carbocycles. The molecule has 0 amide bonds. The SMILES string of the molecule is CN=C(NCc1ccc(Cn2ccnc2)cc1)NCc1ccc(C)cc1SC. The quantitative estimate of drug-likeness (QED) is 0.364. The smallest absolute Gasteiger partial charge is 0.191 e. The standard InChI is InChI=1S/C22H27N5S/c1-17-4-9-20(21(12-17)28-3)14-26-22(23-2)25-13-18-5-7-19(8-6-18)15-27-11-10-24-16-27/h4-12,16H,13-15H2,1-3H3,(H2,23,25,26). The number of rotatable bonds is 7. The molecule has 1 heterocycles. The number of aryl methyl sites for hydroxylation is 1. The Balaban J connectivity index is 1.51. The van der Waals surface area contributed by atoms with Crippen molar-refractivity contribution in [1.82, 2.24) is 20.2 Å². The minimum absolute atomic E-state index is 0.730. The van der Waals surface area contributed by atoms with Crippen molar-refractivity contribution in [1.29, 1.82) is 0 Å². The molecule has 0 saturated heterocycles. The molecule has 0 spiro atoms. The number of hydrogen-bond acceptors (Lipinski definition) is 3. The zero-order chi connectivity index (χ0) is 19.8. The van der Waals surface area contributed by atoms with Gasteiger partial charge in [0.15, 0.2) is 5.96 Å². The van der Waals surface area contributed by atoms with Gasteiger partial charge in [0.25, 0.3) is 0 Å². The van der Waals surface area contributed by atoms with E-state index in [1.807, 2.05) is 12.5 Å². The molecule has 0 unspecified atom stereocenters. The molecule has 3 rings (SSSR count). The van der Waals surface area contributed by atoms with Gasteiger partial charge >= 0.3 is 0 Å². The number of aromatic nitrogens is 2. The summed E-state index contributed by atoms with van der Waals surface area (Å²) < 4.78 is 2.06. The van der Waals surface area contributed by atoms with Crippen molar-refractivity contribution in [3.8, 4) is 0 Å². The molecular formula is C22H27N5S. The Morgan fingerprint density at radius 2 is 1.82 bits per heavy atom. The van der Waals surface area contributed by atoms with Crippen LogP contribution in [0.5, 0.6) is 0 Å². The third-order valence-corrected chi connectivity index (χ3v) is 5.34. The lowest BCUT2D eigenvalue weighted by Crippen LogP contribution is -2.36. The highest BCUT2D eigenvalue weighted by atomic mass is 32.2. The molecule has 3 aromatic rings. The number of benzene rings is 2. The maximum atomic E-state index is 4.34. The Labute approximate surface area is 171 Å². The Morgan fingerprint density at radius 1 is 1.07 bits per heavy atom. The van der Waals surface area contributed by atoms with E-state index in [1.54, 1.807) is 25.0 Å². The summed E-state index contributed by atoms with van der Waals surface area (Å²) in [4.78, 5) is 9.72. The molecule has 0 aliphatic heterocycles. The van der Waals surface area contributed by atoms with Crippen molar-refractivity contribution in [2.75, 3.05) is 13.3 Å². The van der Waals surface area contributed by atoms with Gasteiger partial charge in [-0.1, -0.05) is 36.4 Å². The van der Waals surface area contributed by atoms with Crippen LogP contribution in [0.3, 0.4) is 0 Å². The van der Waals surface area contributed by atoms with Crippen LogP contribution >= 0.6 is 11.8 Å². The maximum Gasteiger partial charge on any atom is 0.191 e. The lowest BCUT2D eigenvalue weighted by Gasteiger charge is -2.14. The first-order valence-corrected chi connectivity index (χ1v) is 10.5. The molecule has 0 saturated carbocycles. The van der Waals surface area contributed by atoms with Gasteiger partial charge in [0, 0.05) is 44.0 Å². The number of guanidine groups is 1. The van der Waals surface area contributed by atoms with E-state index in [-0.39, 0.29) is 0 Å². The second-order valence-corrected chi connectivity index (χ2v) is 7.49. The van der Waals surface area contributed by atoms with E-state index >= 15 is 0 Å². The Hall–Kier alpha value is -2.73. The van der Waals surface area contributed by atoms with Crippen LogP contribution in [0, 0.1) is 6.92 Å². The summed E-state index contributed by atoms with van der Waals surface area (Å²) >= 11 is 1.78. The van der Waals surface area contributed by atoms with Gasteiger partial charge in [-0.3, -0.25) is 4.99 Å². The monoisotopic (exact) mass is 393 g/mol. The Bertz CT molecular complexity index is 901. The van der Waals surface area contributed by atoms with E-state index in [0.29, 0.717) is 0 Å². The van der Waals surface area contributed by atoms with Crippen molar-refractivity contribution in [2.45, 2.75) is 31.5 Å². The maximum absolute atomic E-state index is 4.34. The van der Waals surface area contributed by atoms with E-state index in [0.717, 1.165) is 25.6 Å². The fourth-order valence-corrected chi connectivity index (χ4v) is 3.64. The van der Waals surface area contributed by atoms with Crippen molar-refractivity contribution in [2.24, 2.45) is 4.99 Å². The number of hydrogen-bond donors (Lipinski definition) is 2. The van der Waals surface area contributed by atoms with Crippen LogP contribution in [0.4, 0.5) is 0 Å². The molecule has 2 N–H and O–H groups in total. The number of nitrogens with zero attached hydrogens (tertiary/aromatic N) is 3. The van der Waals surface area contributed by atoms with Crippen LogP contribution in [-0.2, 0) is 19.6 Å². The van der Waals surface area contributed by atoms with Crippen LogP contribution in [0.2, 0.25) is 0 Å². The zero-order valence-electron chi connectivity index (χ0n) is 16.6. The van der Waals surface area contributed by atoms with E-state index in [4.69, 9.17) is 0 Å². The van der Waals surface area contributed by atoms with E-state index < -0.39 is 0 Å². The van der Waals surface area contributed by atoms with Crippen LogP contribution in [0.25, 0.3) is 0 Å². The summed E-state index contributed by atoms with van der Waals surface area (Å²) in [6, 6.07) is 15.2. The van der Waals surface area contributed by atoms with E-state index in [1.165, 1.54) is 27.1 Å². The molecule has 0 aliphatic rings. The predicted octanol–water partition coefficient (Wildman–Crippen LogP) is 3.83. The average molecular weight is 394 g/mol. The molecule has 0 aliphatic carbocycles. The first kappa shape index (κ1) is 20.0. The van der Waals surface area contributed by atoms with Crippen molar-refractivity contribution < 1.29 is 0 Å². The van der Waals surface area contributed by atoms with E-state index in [2.05, 4.69) is 80.8 Å². The van der Waals surface area contributed by atoms with Gasteiger partial charge in [-0.2, -0.15) is 0 Å². The highest BCUT2D eigenvalue weighted by Crippen LogP contribution is 2.21. The van der Waals surface area contributed by atoms with Crippen LogP contribution in [0.15, 0.2) is 71.1 Å². The lowest BCUT2D eigenvalue weighted by atomic mass is 10.1.